The molecular weight excluding hydrogens is 256 g/mol. The van der Waals surface area contributed by atoms with Crippen molar-refractivity contribution < 1.29 is 4.92 Å². The molecule has 1 heterocycles. The van der Waals surface area contributed by atoms with Crippen molar-refractivity contribution in [2.75, 3.05) is 24.5 Å². The van der Waals surface area contributed by atoms with E-state index in [1.807, 2.05) is 6.92 Å². The molecule has 0 atom stereocenters. The fraction of sp³-hybridized carbons (Fsp3) is 0.643. The van der Waals surface area contributed by atoms with Crippen molar-refractivity contribution >= 4 is 11.5 Å². The third-order valence-electron chi connectivity index (χ3n) is 3.21. The van der Waals surface area contributed by atoms with Crippen molar-refractivity contribution in [2.24, 2.45) is 11.1 Å². The zero-order chi connectivity index (χ0) is 15.3. The van der Waals surface area contributed by atoms with Crippen molar-refractivity contribution in [3.8, 4) is 0 Å². The quantitative estimate of drug-likeness (QED) is 0.612. The Morgan fingerprint density at radius 3 is 2.60 bits per heavy atom. The third-order valence-corrected chi connectivity index (χ3v) is 3.21. The Hall–Kier alpha value is -1.69. The van der Waals surface area contributed by atoms with Crippen LogP contribution >= 0.6 is 0 Å². The second-order valence-corrected chi connectivity index (χ2v) is 5.88. The molecule has 0 bridgehead atoms. The van der Waals surface area contributed by atoms with Crippen LogP contribution in [0.2, 0.25) is 0 Å². The van der Waals surface area contributed by atoms with Crippen molar-refractivity contribution in [3.05, 3.63) is 27.9 Å². The van der Waals surface area contributed by atoms with E-state index in [-0.39, 0.29) is 11.1 Å². The van der Waals surface area contributed by atoms with Gasteiger partial charge in [-0.15, -0.1) is 0 Å². The number of anilines is 1. The van der Waals surface area contributed by atoms with E-state index in [1.165, 1.54) is 6.20 Å². The molecule has 0 saturated carbocycles. The monoisotopic (exact) mass is 280 g/mol. The lowest BCUT2D eigenvalue weighted by Crippen LogP contribution is -2.40. The number of hydrogen-bond acceptors (Lipinski definition) is 5. The Labute approximate surface area is 120 Å². The van der Waals surface area contributed by atoms with Gasteiger partial charge in [-0.25, -0.2) is 4.98 Å². The Balaban J connectivity index is 3.06. The van der Waals surface area contributed by atoms with Gasteiger partial charge in [0.2, 0.25) is 0 Å². The van der Waals surface area contributed by atoms with Crippen LogP contribution in [0, 0.1) is 22.5 Å². The molecule has 1 rings (SSSR count). The van der Waals surface area contributed by atoms with Gasteiger partial charge in [0, 0.05) is 19.2 Å². The molecule has 0 fully saturated rings. The Morgan fingerprint density at radius 2 is 2.15 bits per heavy atom. The molecule has 0 unspecified atom stereocenters. The number of nitro groups is 1. The van der Waals surface area contributed by atoms with Crippen molar-refractivity contribution in [1.82, 2.24) is 4.98 Å². The van der Waals surface area contributed by atoms with E-state index in [1.54, 1.807) is 6.07 Å². The van der Waals surface area contributed by atoms with E-state index in [0.717, 1.165) is 30.9 Å². The number of nitrogens with two attached hydrogens (primary N) is 1. The second-order valence-electron chi connectivity index (χ2n) is 5.88. The fourth-order valence-electron chi connectivity index (χ4n) is 2.09. The maximum Gasteiger partial charge on any atom is 0.287 e. The highest BCUT2D eigenvalue weighted by molar-refractivity contribution is 5.50. The molecule has 1 aromatic rings. The molecule has 2 N–H and O–H groups in total. The van der Waals surface area contributed by atoms with Gasteiger partial charge in [-0.05, 0) is 30.9 Å². The van der Waals surface area contributed by atoms with Gasteiger partial charge in [0.15, 0.2) is 0 Å². The van der Waals surface area contributed by atoms with E-state index in [9.17, 15) is 10.1 Å². The fourth-order valence-corrected chi connectivity index (χ4v) is 2.09. The first kappa shape index (κ1) is 16.4. The van der Waals surface area contributed by atoms with Crippen molar-refractivity contribution in [1.29, 1.82) is 0 Å². The molecule has 20 heavy (non-hydrogen) atoms. The summed E-state index contributed by atoms with van der Waals surface area (Å²) in [6.45, 7) is 10.4. The maximum absolute atomic E-state index is 10.8. The summed E-state index contributed by atoms with van der Waals surface area (Å²) in [6, 6.07) is 1.57. The highest BCUT2D eigenvalue weighted by Crippen LogP contribution is 2.25. The second kappa shape index (κ2) is 6.65. The molecule has 6 heteroatoms. The van der Waals surface area contributed by atoms with Crippen LogP contribution in [0.3, 0.4) is 0 Å². The molecule has 0 aliphatic heterocycles. The maximum atomic E-state index is 10.8. The van der Waals surface area contributed by atoms with Gasteiger partial charge in [0.05, 0.1) is 4.92 Å². The van der Waals surface area contributed by atoms with Gasteiger partial charge in [-0.2, -0.15) is 0 Å². The summed E-state index contributed by atoms with van der Waals surface area (Å²) in [4.78, 5) is 16.8. The molecule has 0 saturated heterocycles. The summed E-state index contributed by atoms with van der Waals surface area (Å²) < 4.78 is 0. The van der Waals surface area contributed by atoms with E-state index in [0.29, 0.717) is 6.54 Å². The summed E-state index contributed by atoms with van der Waals surface area (Å²) in [5.74, 6) is 0.805. The van der Waals surface area contributed by atoms with Gasteiger partial charge in [-0.1, -0.05) is 20.8 Å². The molecule has 112 valence electrons. The normalized spacial score (nSPS) is 11.4. The summed E-state index contributed by atoms with van der Waals surface area (Å²) in [5.41, 5.74) is 6.62. The summed E-state index contributed by atoms with van der Waals surface area (Å²) >= 11 is 0. The van der Waals surface area contributed by atoms with Crippen LogP contribution in [-0.4, -0.2) is 29.5 Å². The average Bonchev–Trinajstić information content (AvgIpc) is 2.38. The zero-order valence-corrected chi connectivity index (χ0v) is 12.7. The van der Waals surface area contributed by atoms with Gasteiger partial charge < -0.3 is 10.6 Å². The van der Waals surface area contributed by atoms with Crippen LogP contribution in [-0.2, 0) is 0 Å². The lowest BCUT2D eigenvalue weighted by Gasteiger charge is -2.33. The molecule has 0 spiro atoms. The summed E-state index contributed by atoms with van der Waals surface area (Å²) in [6.07, 6.45) is 2.30. The van der Waals surface area contributed by atoms with Gasteiger partial charge in [0.25, 0.3) is 5.69 Å². The van der Waals surface area contributed by atoms with Crippen LogP contribution in [0.15, 0.2) is 12.3 Å². The van der Waals surface area contributed by atoms with Crippen LogP contribution in [0.5, 0.6) is 0 Å². The molecule has 0 aliphatic carbocycles. The van der Waals surface area contributed by atoms with Gasteiger partial charge in [-0.3, -0.25) is 10.1 Å². The smallest absolute Gasteiger partial charge is 0.287 e. The molecule has 1 aromatic heterocycles. The Kier molecular flexibility index (Phi) is 5.44. The minimum atomic E-state index is -0.419. The SMILES string of the molecule is CCCN(CC(C)(C)CN)c1ncc([N+](=O)[O-])cc1C. The molecule has 0 aromatic carbocycles. The molecule has 6 nitrogen and oxygen atoms in total. The number of aromatic nitrogens is 1. The number of pyridine rings is 1. The molecule has 0 aliphatic rings. The zero-order valence-electron chi connectivity index (χ0n) is 12.7. The standard InChI is InChI=1S/C14H24N4O2/c1-5-6-17(10-14(3,4)9-15)13-11(2)7-12(8-16-13)18(19)20/h7-8H,5-6,9-10,15H2,1-4H3. The Morgan fingerprint density at radius 1 is 1.50 bits per heavy atom. The number of aryl methyl sites for hydroxylation is 1. The van der Waals surface area contributed by atoms with E-state index >= 15 is 0 Å². The lowest BCUT2D eigenvalue weighted by molar-refractivity contribution is -0.385. The van der Waals surface area contributed by atoms with Crippen LogP contribution < -0.4 is 10.6 Å². The molecule has 0 amide bonds. The number of rotatable bonds is 7. The summed E-state index contributed by atoms with van der Waals surface area (Å²) in [5, 5.41) is 10.8. The van der Waals surface area contributed by atoms with Crippen molar-refractivity contribution in [2.45, 2.75) is 34.1 Å². The minimum absolute atomic E-state index is 0.0228. The van der Waals surface area contributed by atoms with Gasteiger partial charge >= 0.3 is 0 Å². The lowest BCUT2D eigenvalue weighted by atomic mass is 9.93. The van der Waals surface area contributed by atoms with Crippen molar-refractivity contribution in [3.63, 3.8) is 0 Å². The van der Waals surface area contributed by atoms with Crippen LogP contribution in [0.25, 0.3) is 0 Å². The van der Waals surface area contributed by atoms with Gasteiger partial charge in [0.1, 0.15) is 12.0 Å². The highest BCUT2D eigenvalue weighted by Gasteiger charge is 2.22. The first-order valence-corrected chi connectivity index (χ1v) is 6.87. The van der Waals surface area contributed by atoms with Crippen LogP contribution in [0.1, 0.15) is 32.8 Å². The van der Waals surface area contributed by atoms with E-state index in [2.05, 4.69) is 30.7 Å². The highest BCUT2D eigenvalue weighted by atomic mass is 16.6. The number of hydrogen-bond donors (Lipinski definition) is 1. The Bertz CT molecular complexity index is 474. The first-order chi connectivity index (χ1) is 9.30. The minimum Gasteiger partial charge on any atom is -0.356 e. The predicted octanol–water partition coefficient (Wildman–Crippen LogP) is 2.50. The molecular formula is C14H24N4O2. The number of nitrogens with zero attached hydrogens (tertiary/aromatic N) is 3. The average molecular weight is 280 g/mol. The van der Waals surface area contributed by atoms with E-state index < -0.39 is 4.92 Å². The first-order valence-electron chi connectivity index (χ1n) is 6.87. The molecule has 0 radical (unpaired) electrons. The van der Waals surface area contributed by atoms with Crippen LogP contribution in [0.4, 0.5) is 11.5 Å². The predicted molar refractivity (Wildman–Crippen MR) is 81.0 cm³/mol. The topological polar surface area (TPSA) is 85.3 Å². The largest absolute Gasteiger partial charge is 0.356 e. The third kappa shape index (κ3) is 4.16. The summed E-state index contributed by atoms with van der Waals surface area (Å²) in [7, 11) is 0. The van der Waals surface area contributed by atoms with E-state index in [4.69, 9.17) is 5.73 Å².